The predicted octanol–water partition coefficient (Wildman–Crippen LogP) is 3.58. The molecule has 1 amide bonds. The lowest BCUT2D eigenvalue weighted by Crippen LogP contribution is -2.37. The van der Waals surface area contributed by atoms with Crippen LogP contribution in [0.5, 0.6) is 0 Å². The molecule has 0 unspecified atom stereocenters. The fourth-order valence-electron chi connectivity index (χ4n) is 3.42. The Balaban J connectivity index is 1.56. The molecule has 1 aliphatic heterocycles. The zero-order valence-electron chi connectivity index (χ0n) is 15.4. The van der Waals surface area contributed by atoms with Gasteiger partial charge >= 0.3 is 0 Å². The van der Waals surface area contributed by atoms with E-state index < -0.39 is 0 Å². The molecular weight excluding hydrogens is 386 g/mol. The van der Waals surface area contributed by atoms with Gasteiger partial charge in [-0.1, -0.05) is 30.3 Å². The summed E-state index contributed by atoms with van der Waals surface area (Å²) >= 11 is 1.74. The van der Waals surface area contributed by atoms with Crippen LogP contribution in [0, 0.1) is 0 Å². The zero-order valence-corrected chi connectivity index (χ0v) is 16.2. The summed E-state index contributed by atoms with van der Waals surface area (Å²) in [6, 6.07) is 15.2. The van der Waals surface area contributed by atoms with Gasteiger partial charge in [0.15, 0.2) is 5.82 Å². The summed E-state index contributed by atoms with van der Waals surface area (Å²) in [5, 5.41) is 14.2. The van der Waals surface area contributed by atoms with Crippen LogP contribution in [0.1, 0.15) is 16.2 Å². The number of benzene rings is 1. The number of amides is 1. The lowest BCUT2D eigenvalue weighted by Gasteiger charge is -2.27. The normalized spacial score (nSPS) is 14.1. The molecule has 29 heavy (non-hydrogen) atoms. The molecule has 0 bridgehead atoms. The van der Waals surface area contributed by atoms with Crippen molar-refractivity contribution in [3.63, 3.8) is 0 Å². The number of fused-ring (bicyclic) bond motifs is 1. The predicted molar refractivity (Wildman–Crippen MR) is 110 cm³/mol. The molecule has 0 radical (unpaired) electrons. The summed E-state index contributed by atoms with van der Waals surface area (Å²) in [4.78, 5) is 16.7. The third kappa shape index (κ3) is 3.38. The van der Waals surface area contributed by atoms with E-state index in [9.17, 15) is 4.79 Å². The number of furan rings is 1. The number of tetrazole rings is 1. The topological polar surface area (TPSA) is 77.0 Å². The third-order valence-electron chi connectivity index (χ3n) is 4.87. The van der Waals surface area contributed by atoms with Crippen molar-refractivity contribution < 1.29 is 9.21 Å². The van der Waals surface area contributed by atoms with E-state index in [2.05, 4.69) is 27.0 Å². The van der Waals surface area contributed by atoms with Crippen LogP contribution in [0.15, 0.2) is 64.6 Å². The highest BCUT2D eigenvalue weighted by Crippen LogP contribution is 2.27. The van der Waals surface area contributed by atoms with Gasteiger partial charge in [-0.05, 0) is 46.0 Å². The van der Waals surface area contributed by atoms with Gasteiger partial charge in [0.1, 0.15) is 11.5 Å². The van der Waals surface area contributed by atoms with Crippen molar-refractivity contribution >= 4 is 29.0 Å². The molecule has 0 saturated carbocycles. The molecule has 0 fully saturated rings. The second-order valence-electron chi connectivity index (χ2n) is 6.67. The minimum Gasteiger partial charge on any atom is -0.465 e. The Hall–Kier alpha value is -3.52. The van der Waals surface area contributed by atoms with E-state index in [4.69, 9.17) is 4.42 Å². The standard InChI is InChI=1S/C21H17N5O2S/c27-21(25-10-8-19-16(14-25)9-12-29-19)18(13-17-7-4-11-28-17)26-20(22-23-24-26)15-5-2-1-3-6-15/h1-7,9,11-13H,8,10,14H2/b18-13-. The Morgan fingerprint density at radius 3 is 2.86 bits per heavy atom. The van der Waals surface area contributed by atoms with Crippen molar-refractivity contribution in [2.75, 3.05) is 6.54 Å². The fourth-order valence-corrected chi connectivity index (χ4v) is 4.31. The van der Waals surface area contributed by atoms with Gasteiger partial charge < -0.3 is 9.32 Å². The van der Waals surface area contributed by atoms with E-state index in [1.54, 1.807) is 35.8 Å². The summed E-state index contributed by atoms with van der Waals surface area (Å²) in [6.45, 7) is 1.24. The number of aromatic nitrogens is 4. The highest BCUT2D eigenvalue weighted by Gasteiger charge is 2.27. The number of rotatable bonds is 4. The van der Waals surface area contributed by atoms with E-state index in [0.29, 0.717) is 30.4 Å². The minimum absolute atomic E-state index is 0.136. The summed E-state index contributed by atoms with van der Waals surface area (Å²) in [7, 11) is 0. The maximum atomic E-state index is 13.5. The van der Waals surface area contributed by atoms with E-state index in [1.807, 2.05) is 35.2 Å². The largest absolute Gasteiger partial charge is 0.465 e. The SMILES string of the molecule is O=C(/C(=C/c1ccco1)n1nnnc1-c1ccccc1)N1CCc2sccc2C1. The number of carbonyl (C=O) groups excluding carboxylic acids is 1. The average molecular weight is 403 g/mol. The molecule has 144 valence electrons. The average Bonchev–Trinajstić information content (AvgIpc) is 3.53. The first-order chi connectivity index (χ1) is 14.3. The molecule has 7 nitrogen and oxygen atoms in total. The Morgan fingerprint density at radius 2 is 2.03 bits per heavy atom. The van der Waals surface area contributed by atoms with Crippen LogP contribution in [0.3, 0.4) is 0 Å². The van der Waals surface area contributed by atoms with Gasteiger partial charge in [-0.15, -0.1) is 16.4 Å². The molecule has 4 aromatic rings. The minimum atomic E-state index is -0.136. The van der Waals surface area contributed by atoms with Crippen LogP contribution in [-0.4, -0.2) is 37.6 Å². The van der Waals surface area contributed by atoms with Crippen LogP contribution in [0.25, 0.3) is 23.2 Å². The quantitative estimate of drug-likeness (QED) is 0.487. The van der Waals surface area contributed by atoms with Gasteiger partial charge in [0.05, 0.1) is 6.26 Å². The maximum Gasteiger partial charge on any atom is 0.273 e. The van der Waals surface area contributed by atoms with Crippen LogP contribution >= 0.6 is 11.3 Å². The van der Waals surface area contributed by atoms with Gasteiger partial charge in [0, 0.05) is 29.6 Å². The van der Waals surface area contributed by atoms with Crippen molar-refractivity contribution in [3.05, 3.63) is 76.4 Å². The molecule has 0 saturated heterocycles. The lowest BCUT2D eigenvalue weighted by atomic mass is 10.1. The number of thiophene rings is 1. The van der Waals surface area contributed by atoms with Crippen LogP contribution in [-0.2, 0) is 17.8 Å². The van der Waals surface area contributed by atoms with Crippen molar-refractivity contribution in [1.82, 2.24) is 25.1 Å². The summed E-state index contributed by atoms with van der Waals surface area (Å²) in [6.07, 6.45) is 4.12. The van der Waals surface area contributed by atoms with Crippen molar-refractivity contribution in [3.8, 4) is 11.4 Å². The zero-order chi connectivity index (χ0) is 19.6. The second kappa shape index (κ2) is 7.48. The number of hydrogen-bond acceptors (Lipinski definition) is 6. The Kier molecular flexibility index (Phi) is 4.53. The smallest absolute Gasteiger partial charge is 0.273 e. The molecule has 1 aliphatic rings. The summed E-state index contributed by atoms with van der Waals surface area (Å²) < 4.78 is 6.95. The molecule has 5 rings (SSSR count). The molecule has 0 aliphatic carbocycles. The lowest BCUT2D eigenvalue weighted by molar-refractivity contribution is -0.126. The first-order valence-electron chi connectivity index (χ1n) is 9.23. The maximum absolute atomic E-state index is 13.5. The third-order valence-corrected chi connectivity index (χ3v) is 5.89. The second-order valence-corrected chi connectivity index (χ2v) is 7.67. The number of hydrogen-bond donors (Lipinski definition) is 0. The first kappa shape index (κ1) is 17.6. The van der Waals surface area contributed by atoms with Gasteiger partial charge in [-0.2, -0.15) is 4.68 Å². The van der Waals surface area contributed by atoms with E-state index >= 15 is 0 Å². The molecule has 0 N–H and O–H groups in total. The molecule has 0 atom stereocenters. The van der Waals surface area contributed by atoms with Crippen LogP contribution in [0.4, 0.5) is 0 Å². The molecule has 3 aromatic heterocycles. The Bertz CT molecular complexity index is 1160. The van der Waals surface area contributed by atoms with Gasteiger partial charge in [-0.3, -0.25) is 4.79 Å². The van der Waals surface area contributed by atoms with Crippen LogP contribution < -0.4 is 0 Å². The van der Waals surface area contributed by atoms with E-state index in [1.165, 1.54) is 15.1 Å². The monoisotopic (exact) mass is 403 g/mol. The molecule has 1 aromatic carbocycles. The van der Waals surface area contributed by atoms with Gasteiger partial charge in [0.25, 0.3) is 5.91 Å². The highest BCUT2D eigenvalue weighted by molar-refractivity contribution is 7.10. The van der Waals surface area contributed by atoms with E-state index in [-0.39, 0.29) is 5.91 Å². The molecule has 8 heteroatoms. The van der Waals surface area contributed by atoms with E-state index in [0.717, 1.165) is 12.0 Å². The first-order valence-corrected chi connectivity index (χ1v) is 10.1. The van der Waals surface area contributed by atoms with Gasteiger partial charge in [0.2, 0.25) is 0 Å². The Labute approximate surface area is 170 Å². The van der Waals surface area contributed by atoms with Crippen LogP contribution in [0.2, 0.25) is 0 Å². The fraction of sp³-hybridized carbons (Fsp3) is 0.143. The molecule has 4 heterocycles. The van der Waals surface area contributed by atoms with Gasteiger partial charge in [-0.25, -0.2) is 0 Å². The summed E-state index contributed by atoms with van der Waals surface area (Å²) in [5.41, 5.74) is 2.38. The van der Waals surface area contributed by atoms with Crippen molar-refractivity contribution in [2.24, 2.45) is 0 Å². The molecule has 0 spiro atoms. The Morgan fingerprint density at radius 1 is 1.14 bits per heavy atom. The summed E-state index contributed by atoms with van der Waals surface area (Å²) in [5.74, 6) is 0.934. The highest BCUT2D eigenvalue weighted by atomic mass is 32.1. The van der Waals surface area contributed by atoms with Crippen molar-refractivity contribution in [2.45, 2.75) is 13.0 Å². The number of nitrogens with zero attached hydrogens (tertiary/aromatic N) is 5. The number of carbonyl (C=O) groups is 1. The van der Waals surface area contributed by atoms with Crippen molar-refractivity contribution in [1.29, 1.82) is 0 Å². The molecular formula is C21H17N5O2S.